The van der Waals surface area contributed by atoms with Gasteiger partial charge in [-0.3, -0.25) is 4.79 Å². The van der Waals surface area contributed by atoms with Crippen LogP contribution in [-0.2, 0) is 4.79 Å². The fourth-order valence-electron chi connectivity index (χ4n) is 0.638. The van der Waals surface area contributed by atoms with Crippen LogP contribution in [0.25, 0.3) is 0 Å². The number of primary amides is 1. The lowest BCUT2D eigenvalue weighted by molar-refractivity contribution is -0.123. The van der Waals surface area contributed by atoms with Gasteiger partial charge in [-0.2, -0.15) is 5.26 Å². The number of hydrogen-bond acceptors (Lipinski definition) is 4. The molecular formula is C6H10N2O3. The van der Waals surface area contributed by atoms with Crippen LogP contribution in [0, 0.1) is 17.2 Å². The maximum Gasteiger partial charge on any atom is 0.237 e. The second-order valence-electron chi connectivity index (χ2n) is 2.09. The average molecular weight is 158 g/mol. The Morgan fingerprint density at radius 3 is 2.55 bits per heavy atom. The van der Waals surface area contributed by atoms with Crippen LogP contribution in [0.5, 0.6) is 0 Å². The maximum atomic E-state index is 10.4. The van der Waals surface area contributed by atoms with Gasteiger partial charge < -0.3 is 15.9 Å². The monoisotopic (exact) mass is 158 g/mol. The summed E-state index contributed by atoms with van der Waals surface area (Å²) in [4.78, 5) is 10.4. The third-order valence-electron chi connectivity index (χ3n) is 1.26. The molecule has 4 N–H and O–H groups in total. The summed E-state index contributed by atoms with van der Waals surface area (Å²) in [5.41, 5.74) is 4.78. The van der Waals surface area contributed by atoms with E-state index in [1.54, 1.807) is 6.07 Å². The van der Waals surface area contributed by atoms with Crippen LogP contribution in [0.3, 0.4) is 0 Å². The molecule has 11 heavy (non-hydrogen) atoms. The van der Waals surface area contributed by atoms with E-state index in [0.29, 0.717) is 0 Å². The number of rotatable bonds is 4. The molecule has 5 nitrogen and oxygen atoms in total. The zero-order valence-corrected chi connectivity index (χ0v) is 5.90. The van der Waals surface area contributed by atoms with Gasteiger partial charge in [-0.25, -0.2) is 0 Å². The summed E-state index contributed by atoms with van der Waals surface area (Å²) < 4.78 is 0. The van der Waals surface area contributed by atoms with Crippen molar-refractivity contribution in [2.45, 2.75) is 12.5 Å². The highest BCUT2D eigenvalue weighted by Crippen LogP contribution is 2.04. The molecule has 1 amide bonds. The Morgan fingerprint density at radius 1 is 1.73 bits per heavy atom. The number of carbonyl (C=O) groups is 1. The Labute approximate surface area is 64.0 Å². The average Bonchev–Trinajstić information content (AvgIpc) is 1.88. The first-order valence-electron chi connectivity index (χ1n) is 3.11. The third kappa shape index (κ3) is 2.98. The zero-order chi connectivity index (χ0) is 8.85. The third-order valence-corrected chi connectivity index (χ3v) is 1.26. The molecule has 0 saturated carbocycles. The van der Waals surface area contributed by atoms with Crippen molar-refractivity contribution in [3.05, 3.63) is 0 Å². The van der Waals surface area contributed by atoms with E-state index < -0.39 is 17.9 Å². The quantitative estimate of drug-likeness (QED) is 0.455. The smallest absolute Gasteiger partial charge is 0.237 e. The number of nitrogens with zero attached hydrogens (tertiary/aromatic N) is 1. The number of nitriles is 1. The molecule has 0 bridgehead atoms. The normalized spacial score (nSPS) is 15.0. The molecule has 0 heterocycles. The summed E-state index contributed by atoms with van der Waals surface area (Å²) >= 11 is 0. The predicted octanol–water partition coefficient (Wildman–Crippen LogP) is -1.65. The van der Waals surface area contributed by atoms with Crippen LogP contribution < -0.4 is 5.73 Å². The van der Waals surface area contributed by atoms with E-state index in [9.17, 15) is 4.79 Å². The van der Waals surface area contributed by atoms with Gasteiger partial charge in [0.15, 0.2) is 5.92 Å². The summed E-state index contributed by atoms with van der Waals surface area (Å²) in [6, 6.07) is 1.55. The molecule has 0 radical (unpaired) electrons. The number of nitrogens with two attached hydrogens (primary N) is 1. The van der Waals surface area contributed by atoms with Crippen LogP contribution in [0.4, 0.5) is 0 Å². The SMILES string of the molecule is N#CC(C(N)=O)C(O)CCO. The van der Waals surface area contributed by atoms with Crippen molar-refractivity contribution in [3.63, 3.8) is 0 Å². The predicted molar refractivity (Wildman–Crippen MR) is 36.0 cm³/mol. The van der Waals surface area contributed by atoms with Crippen molar-refractivity contribution in [2.24, 2.45) is 11.7 Å². The highest BCUT2D eigenvalue weighted by Gasteiger charge is 2.23. The van der Waals surface area contributed by atoms with Crippen LogP contribution in [0.1, 0.15) is 6.42 Å². The molecule has 2 unspecified atom stereocenters. The molecule has 62 valence electrons. The lowest BCUT2D eigenvalue weighted by atomic mass is 10.0. The van der Waals surface area contributed by atoms with Gasteiger partial charge in [-0.15, -0.1) is 0 Å². The summed E-state index contributed by atoms with van der Waals surface area (Å²) in [6.07, 6.45) is -1.18. The molecule has 0 aromatic carbocycles. The Morgan fingerprint density at radius 2 is 2.27 bits per heavy atom. The summed E-state index contributed by atoms with van der Waals surface area (Å²) in [5.74, 6) is -2.09. The highest BCUT2D eigenvalue weighted by atomic mass is 16.3. The largest absolute Gasteiger partial charge is 0.396 e. The van der Waals surface area contributed by atoms with Crippen molar-refractivity contribution in [1.82, 2.24) is 0 Å². The van der Waals surface area contributed by atoms with E-state index >= 15 is 0 Å². The fourth-order valence-corrected chi connectivity index (χ4v) is 0.638. The van der Waals surface area contributed by atoms with Gasteiger partial charge in [0, 0.05) is 6.61 Å². The summed E-state index contributed by atoms with van der Waals surface area (Å²) in [7, 11) is 0. The number of aliphatic hydroxyl groups is 2. The maximum absolute atomic E-state index is 10.4. The van der Waals surface area contributed by atoms with Gasteiger partial charge in [0.1, 0.15) is 0 Å². The lowest BCUT2D eigenvalue weighted by Crippen LogP contribution is -2.32. The van der Waals surface area contributed by atoms with Crippen LogP contribution in [0.2, 0.25) is 0 Å². The number of carbonyl (C=O) groups excluding carboxylic acids is 1. The van der Waals surface area contributed by atoms with Crippen LogP contribution >= 0.6 is 0 Å². The number of aliphatic hydroxyl groups excluding tert-OH is 2. The van der Waals surface area contributed by atoms with Crippen molar-refractivity contribution < 1.29 is 15.0 Å². The Hall–Kier alpha value is -1.12. The highest BCUT2D eigenvalue weighted by molar-refractivity contribution is 5.79. The second-order valence-corrected chi connectivity index (χ2v) is 2.09. The van der Waals surface area contributed by atoms with E-state index in [1.807, 2.05) is 0 Å². The van der Waals surface area contributed by atoms with E-state index in [-0.39, 0.29) is 13.0 Å². The van der Waals surface area contributed by atoms with Gasteiger partial charge in [0.2, 0.25) is 5.91 Å². The Bertz CT molecular complexity index is 175. The fraction of sp³-hybridized carbons (Fsp3) is 0.667. The molecule has 0 aliphatic carbocycles. The molecule has 0 aromatic heterocycles. The first kappa shape index (κ1) is 9.88. The minimum atomic E-state index is -1.22. The minimum Gasteiger partial charge on any atom is -0.396 e. The van der Waals surface area contributed by atoms with Gasteiger partial charge >= 0.3 is 0 Å². The first-order chi connectivity index (χ1) is 5.13. The number of hydrogen-bond donors (Lipinski definition) is 3. The van der Waals surface area contributed by atoms with E-state index in [2.05, 4.69) is 0 Å². The van der Waals surface area contributed by atoms with E-state index in [4.69, 9.17) is 21.2 Å². The van der Waals surface area contributed by atoms with E-state index in [0.717, 1.165) is 0 Å². The molecule has 0 rings (SSSR count). The van der Waals surface area contributed by atoms with Gasteiger partial charge in [-0.05, 0) is 6.42 Å². The molecule has 0 aliphatic rings. The standard InChI is InChI=1S/C6H10N2O3/c7-3-4(6(8)11)5(10)1-2-9/h4-5,9-10H,1-2H2,(H2,8,11). The summed E-state index contributed by atoms with van der Waals surface area (Å²) in [5, 5.41) is 25.6. The molecule has 0 fully saturated rings. The molecule has 2 atom stereocenters. The molecular weight excluding hydrogens is 148 g/mol. The van der Waals surface area contributed by atoms with Crippen molar-refractivity contribution in [2.75, 3.05) is 6.61 Å². The summed E-state index contributed by atoms with van der Waals surface area (Å²) in [6.45, 7) is -0.271. The lowest BCUT2D eigenvalue weighted by Gasteiger charge is -2.10. The molecule has 5 heteroatoms. The number of amides is 1. The van der Waals surface area contributed by atoms with Gasteiger partial charge in [-0.1, -0.05) is 0 Å². The zero-order valence-electron chi connectivity index (χ0n) is 5.90. The Kier molecular flexibility index (Phi) is 4.18. The molecule has 0 aliphatic heterocycles. The first-order valence-corrected chi connectivity index (χ1v) is 3.11. The molecule has 0 spiro atoms. The van der Waals surface area contributed by atoms with Gasteiger partial charge in [0.25, 0.3) is 0 Å². The van der Waals surface area contributed by atoms with Crippen molar-refractivity contribution in [3.8, 4) is 6.07 Å². The molecule has 0 saturated heterocycles. The van der Waals surface area contributed by atoms with E-state index in [1.165, 1.54) is 0 Å². The van der Waals surface area contributed by atoms with Crippen molar-refractivity contribution in [1.29, 1.82) is 5.26 Å². The van der Waals surface area contributed by atoms with Crippen LogP contribution in [-0.4, -0.2) is 28.8 Å². The second kappa shape index (κ2) is 4.66. The topological polar surface area (TPSA) is 107 Å². The van der Waals surface area contributed by atoms with Crippen LogP contribution in [0.15, 0.2) is 0 Å². The van der Waals surface area contributed by atoms with Crippen molar-refractivity contribution >= 4 is 5.91 Å². The molecule has 0 aromatic rings. The minimum absolute atomic E-state index is 0.0127. The Balaban J connectivity index is 4.05. The van der Waals surface area contributed by atoms with Gasteiger partial charge in [0.05, 0.1) is 12.2 Å².